The minimum atomic E-state index is -0.408. The number of allylic oxidation sites excluding steroid dienone is 4. The average molecular weight is 386 g/mol. The van der Waals surface area contributed by atoms with E-state index in [9.17, 15) is 4.79 Å². The molecule has 1 aliphatic heterocycles. The number of rotatable bonds is 3. The maximum absolute atomic E-state index is 12.6. The van der Waals surface area contributed by atoms with Crippen LogP contribution in [-0.2, 0) is 14.9 Å². The van der Waals surface area contributed by atoms with Crippen LogP contribution in [0.25, 0.3) is 0 Å². The molecule has 0 saturated carbocycles. The van der Waals surface area contributed by atoms with Crippen molar-refractivity contribution < 1.29 is 14.3 Å². The van der Waals surface area contributed by atoms with Crippen LogP contribution in [0.4, 0.5) is 4.79 Å². The van der Waals surface area contributed by atoms with Crippen LogP contribution in [0.2, 0.25) is 0 Å². The summed E-state index contributed by atoms with van der Waals surface area (Å²) in [7, 11) is 1.72. The second-order valence-corrected chi connectivity index (χ2v) is 9.79. The average Bonchev–Trinajstić information content (AvgIpc) is 2.84. The maximum atomic E-state index is 12.6. The molecule has 5 heteroatoms. The summed E-state index contributed by atoms with van der Waals surface area (Å²) in [6.07, 6.45) is 5.87. The number of nitrogens with zero attached hydrogens (tertiary/aromatic N) is 1. The first kappa shape index (κ1) is 19.6. The van der Waals surface area contributed by atoms with E-state index in [2.05, 4.69) is 46.8 Å². The normalized spacial score (nSPS) is 17.9. The van der Waals surface area contributed by atoms with Gasteiger partial charge in [-0.1, -0.05) is 52.8 Å². The zero-order valence-electron chi connectivity index (χ0n) is 16.8. The highest BCUT2D eigenvalue weighted by atomic mass is 32.2. The molecule has 0 N–H and O–H groups in total. The fourth-order valence-corrected chi connectivity index (χ4v) is 3.85. The molecule has 2 aliphatic rings. The van der Waals surface area contributed by atoms with Crippen molar-refractivity contribution in [2.75, 3.05) is 7.05 Å². The first-order valence-electron chi connectivity index (χ1n) is 9.09. The Morgan fingerprint density at radius 1 is 1.22 bits per heavy atom. The molecule has 3 rings (SSSR count). The summed E-state index contributed by atoms with van der Waals surface area (Å²) >= 11 is 1.35. The van der Waals surface area contributed by atoms with Crippen molar-refractivity contribution in [2.24, 2.45) is 5.41 Å². The zero-order valence-corrected chi connectivity index (χ0v) is 17.6. The van der Waals surface area contributed by atoms with Crippen molar-refractivity contribution in [1.29, 1.82) is 0 Å². The summed E-state index contributed by atoms with van der Waals surface area (Å²) in [5, 5.41) is 0. The van der Waals surface area contributed by atoms with Crippen molar-refractivity contribution in [3.05, 3.63) is 65.3 Å². The molecule has 0 spiro atoms. The molecule has 1 aliphatic carbocycles. The van der Waals surface area contributed by atoms with E-state index >= 15 is 0 Å². The molecule has 0 fully saturated rings. The Morgan fingerprint density at radius 3 is 2.52 bits per heavy atom. The number of hydrogen-bond donors (Lipinski definition) is 0. The molecular formula is C22H27NO3S. The SMILES string of the molecule is CN(Sc1ccc(C(C)(C)C)cc1)C(=O)OC1=C2OC=CC=C2CC1(C)C. The summed E-state index contributed by atoms with van der Waals surface area (Å²) in [5.41, 5.74) is 2.16. The van der Waals surface area contributed by atoms with Crippen molar-refractivity contribution in [3.8, 4) is 0 Å². The van der Waals surface area contributed by atoms with Gasteiger partial charge in [-0.2, -0.15) is 0 Å². The number of carbonyl (C=O) groups is 1. The van der Waals surface area contributed by atoms with Crippen molar-refractivity contribution in [3.63, 3.8) is 0 Å². The highest BCUT2D eigenvalue weighted by Crippen LogP contribution is 2.47. The fourth-order valence-electron chi connectivity index (χ4n) is 3.16. The van der Waals surface area contributed by atoms with E-state index in [1.807, 2.05) is 24.3 Å². The molecule has 4 nitrogen and oxygen atoms in total. The summed E-state index contributed by atoms with van der Waals surface area (Å²) in [6, 6.07) is 8.27. The first-order chi connectivity index (χ1) is 12.6. The minimum absolute atomic E-state index is 0.107. The Labute approximate surface area is 166 Å². The molecule has 0 aromatic heterocycles. The molecule has 144 valence electrons. The largest absolute Gasteiger partial charge is 0.461 e. The Morgan fingerprint density at radius 2 is 1.89 bits per heavy atom. The molecule has 1 amide bonds. The van der Waals surface area contributed by atoms with Gasteiger partial charge in [0.2, 0.25) is 0 Å². The highest BCUT2D eigenvalue weighted by Gasteiger charge is 2.41. The second kappa shape index (κ2) is 7.12. The summed E-state index contributed by atoms with van der Waals surface area (Å²) < 4.78 is 12.9. The molecule has 0 radical (unpaired) electrons. The number of fused-ring (bicyclic) bond motifs is 1. The molecule has 1 aromatic carbocycles. The van der Waals surface area contributed by atoms with E-state index in [0.717, 1.165) is 16.9 Å². The zero-order chi connectivity index (χ0) is 19.8. The molecule has 0 unspecified atom stereocenters. The molecule has 1 heterocycles. The maximum Gasteiger partial charge on any atom is 0.425 e. The molecule has 27 heavy (non-hydrogen) atoms. The van der Waals surface area contributed by atoms with E-state index in [4.69, 9.17) is 9.47 Å². The van der Waals surface area contributed by atoms with Crippen LogP contribution < -0.4 is 0 Å². The molecule has 0 bridgehead atoms. The fraction of sp³-hybridized carbons (Fsp3) is 0.409. The van der Waals surface area contributed by atoms with Gasteiger partial charge in [0.15, 0.2) is 11.5 Å². The van der Waals surface area contributed by atoms with E-state index in [0.29, 0.717) is 11.5 Å². The lowest BCUT2D eigenvalue weighted by molar-refractivity contribution is 0.134. The number of amides is 1. The monoisotopic (exact) mass is 385 g/mol. The molecule has 0 saturated heterocycles. The van der Waals surface area contributed by atoms with Crippen LogP contribution >= 0.6 is 11.9 Å². The summed E-state index contributed by atoms with van der Waals surface area (Å²) in [4.78, 5) is 13.6. The number of benzene rings is 1. The van der Waals surface area contributed by atoms with Gasteiger partial charge in [0.05, 0.1) is 6.26 Å². The van der Waals surface area contributed by atoms with Gasteiger partial charge in [-0.25, -0.2) is 9.10 Å². The van der Waals surface area contributed by atoms with Crippen LogP contribution in [0, 0.1) is 5.41 Å². The number of carbonyl (C=O) groups excluding carboxylic acids is 1. The lowest BCUT2D eigenvalue weighted by Gasteiger charge is -2.23. The van der Waals surface area contributed by atoms with Gasteiger partial charge in [0, 0.05) is 17.4 Å². The van der Waals surface area contributed by atoms with Gasteiger partial charge in [0.25, 0.3) is 0 Å². The molecule has 0 atom stereocenters. The first-order valence-corrected chi connectivity index (χ1v) is 9.87. The van der Waals surface area contributed by atoms with Crippen molar-refractivity contribution in [1.82, 2.24) is 4.31 Å². The minimum Gasteiger partial charge on any atom is -0.461 e. The smallest absolute Gasteiger partial charge is 0.425 e. The Kier molecular flexibility index (Phi) is 5.17. The Bertz CT molecular complexity index is 826. The Balaban J connectivity index is 1.69. The lowest BCUT2D eigenvalue weighted by atomic mass is 9.87. The predicted octanol–water partition coefficient (Wildman–Crippen LogP) is 6.17. The van der Waals surface area contributed by atoms with Gasteiger partial charge in [0.1, 0.15) is 0 Å². The number of ether oxygens (including phenoxy) is 2. The van der Waals surface area contributed by atoms with Crippen LogP contribution in [0.3, 0.4) is 0 Å². The van der Waals surface area contributed by atoms with Gasteiger partial charge in [-0.3, -0.25) is 0 Å². The van der Waals surface area contributed by atoms with Crippen LogP contribution in [-0.4, -0.2) is 17.4 Å². The van der Waals surface area contributed by atoms with Crippen molar-refractivity contribution >= 4 is 18.0 Å². The van der Waals surface area contributed by atoms with E-state index in [-0.39, 0.29) is 10.8 Å². The third-order valence-corrected chi connectivity index (χ3v) is 5.62. The number of hydrogen-bond acceptors (Lipinski definition) is 4. The summed E-state index contributed by atoms with van der Waals surface area (Å²) in [5.74, 6) is 1.27. The van der Waals surface area contributed by atoms with E-state index in [1.165, 1.54) is 21.8 Å². The standard InChI is InChI=1S/C22H27NO3S/c1-21(2,3)16-9-11-17(12-10-16)27-23(6)20(24)26-19-18-15(8-7-13-25-18)14-22(19,4)5/h7-13H,14H2,1-6H3. The van der Waals surface area contributed by atoms with Crippen LogP contribution in [0.5, 0.6) is 0 Å². The molecule has 1 aromatic rings. The van der Waals surface area contributed by atoms with E-state index in [1.54, 1.807) is 13.3 Å². The quantitative estimate of drug-likeness (QED) is 0.583. The van der Waals surface area contributed by atoms with Gasteiger partial charge >= 0.3 is 6.09 Å². The second-order valence-electron chi connectivity index (χ2n) is 8.59. The van der Waals surface area contributed by atoms with Gasteiger partial charge in [-0.05, 0) is 53.1 Å². The predicted molar refractivity (Wildman–Crippen MR) is 109 cm³/mol. The van der Waals surface area contributed by atoms with Crippen LogP contribution in [0.15, 0.2) is 64.7 Å². The highest BCUT2D eigenvalue weighted by molar-refractivity contribution is 7.97. The Hall–Kier alpha value is -2.14. The van der Waals surface area contributed by atoms with Gasteiger partial charge < -0.3 is 9.47 Å². The topological polar surface area (TPSA) is 38.8 Å². The van der Waals surface area contributed by atoms with Gasteiger partial charge in [-0.15, -0.1) is 0 Å². The lowest BCUT2D eigenvalue weighted by Crippen LogP contribution is -2.24. The third-order valence-electron chi connectivity index (χ3n) is 4.72. The molecular weight excluding hydrogens is 358 g/mol. The van der Waals surface area contributed by atoms with E-state index < -0.39 is 6.09 Å². The third kappa shape index (κ3) is 4.24. The summed E-state index contributed by atoms with van der Waals surface area (Å²) in [6.45, 7) is 10.7. The van der Waals surface area contributed by atoms with Crippen molar-refractivity contribution in [2.45, 2.75) is 51.3 Å². The van der Waals surface area contributed by atoms with Crippen LogP contribution in [0.1, 0.15) is 46.6 Å².